The van der Waals surface area contributed by atoms with Crippen LogP contribution in [0.2, 0.25) is 0 Å². The van der Waals surface area contributed by atoms with Crippen LogP contribution in [0.15, 0.2) is 52.7 Å². The van der Waals surface area contributed by atoms with Crippen LogP contribution >= 0.6 is 0 Å². The van der Waals surface area contributed by atoms with Crippen molar-refractivity contribution in [3.8, 4) is 0 Å². The molecule has 2 unspecified atom stereocenters. The molecule has 2 aromatic rings. The van der Waals surface area contributed by atoms with Crippen LogP contribution in [0.3, 0.4) is 0 Å². The number of rotatable bonds is 3. The van der Waals surface area contributed by atoms with Crippen molar-refractivity contribution in [1.82, 2.24) is 5.32 Å². The zero-order valence-electron chi connectivity index (χ0n) is 14.0. The van der Waals surface area contributed by atoms with Gasteiger partial charge in [0.25, 0.3) is 5.91 Å². The van der Waals surface area contributed by atoms with Crippen molar-refractivity contribution in [1.29, 1.82) is 0 Å². The maximum atomic E-state index is 13.1. The minimum absolute atomic E-state index is 0.0892. The first-order valence-electron chi connectivity index (χ1n) is 8.70. The maximum absolute atomic E-state index is 13.1. The Bertz CT molecular complexity index is 962. The third-order valence-electron chi connectivity index (χ3n) is 5.50. The molecule has 27 heavy (non-hydrogen) atoms. The largest absolute Gasteiger partial charge is 0.442 e. The first-order valence-corrected chi connectivity index (χ1v) is 8.70. The number of carbonyl (C=O) groups is 1. The van der Waals surface area contributed by atoms with Crippen LogP contribution in [-0.4, -0.2) is 12.1 Å². The standard InChI is InChI=1S/C19H15F3N4O/c20-19(21,22)18(25-26-18)11-6-4-10(5-7-11)17(27)24-14-3-1-2-12-13-8-9-15(23-13)16(12)14/h1-7,13,15,23H,8-9H2,(H,24,27). The Hall–Kier alpha value is -2.74. The van der Waals surface area contributed by atoms with Crippen LogP contribution < -0.4 is 10.6 Å². The number of fused-ring (bicyclic) bond motifs is 5. The molecule has 2 bridgehead atoms. The highest BCUT2D eigenvalue weighted by atomic mass is 19.4. The molecule has 8 heteroatoms. The van der Waals surface area contributed by atoms with E-state index in [-0.39, 0.29) is 23.1 Å². The lowest BCUT2D eigenvalue weighted by Crippen LogP contribution is -2.30. The molecule has 2 N–H and O–H groups in total. The topological polar surface area (TPSA) is 65.8 Å². The maximum Gasteiger partial charge on any atom is 0.442 e. The summed E-state index contributed by atoms with van der Waals surface area (Å²) >= 11 is 0. The fourth-order valence-corrected chi connectivity index (χ4v) is 4.09. The molecule has 3 heterocycles. The van der Waals surface area contributed by atoms with E-state index in [9.17, 15) is 18.0 Å². The molecule has 138 valence electrons. The summed E-state index contributed by atoms with van der Waals surface area (Å²) in [6, 6.07) is 11.7. The fourth-order valence-electron chi connectivity index (χ4n) is 4.09. The summed E-state index contributed by atoms with van der Waals surface area (Å²) in [6.07, 6.45) is -2.45. The van der Waals surface area contributed by atoms with Gasteiger partial charge in [0.05, 0.1) is 0 Å². The van der Waals surface area contributed by atoms with Gasteiger partial charge >= 0.3 is 11.8 Å². The molecule has 3 aliphatic heterocycles. The monoisotopic (exact) mass is 372 g/mol. The van der Waals surface area contributed by atoms with Gasteiger partial charge in [-0.25, -0.2) is 0 Å². The molecule has 1 fully saturated rings. The minimum Gasteiger partial charge on any atom is -0.322 e. The molecule has 3 aliphatic rings. The molecule has 0 radical (unpaired) electrons. The molecule has 1 amide bonds. The number of hydrogen-bond donors (Lipinski definition) is 2. The van der Waals surface area contributed by atoms with Crippen molar-refractivity contribution >= 4 is 11.6 Å². The molecule has 5 nitrogen and oxygen atoms in total. The SMILES string of the molecule is O=C(Nc1cccc2c1C1CCC2N1)c1ccc(C2(C(F)(F)F)N=N2)cc1. The highest BCUT2D eigenvalue weighted by Crippen LogP contribution is 2.52. The van der Waals surface area contributed by atoms with Gasteiger partial charge in [0.1, 0.15) is 0 Å². The summed E-state index contributed by atoms with van der Waals surface area (Å²) in [7, 11) is 0. The molecule has 2 atom stereocenters. The van der Waals surface area contributed by atoms with E-state index in [1.807, 2.05) is 12.1 Å². The second kappa shape index (κ2) is 5.39. The van der Waals surface area contributed by atoms with Gasteiger partial charge in [-0.2, -0.15) is 13.2 Å². The summed E-state index contributed by atoms with van der Waals surface area (Å²) in [4.78, 5) is 12.6. The number of alkyl halides is 3. The molecule has 0 aliphatic carbocycles. The van der Waals surface area contributed by atoms with Crippen molar-refractivity contribution in [3.05, 3.63) is 64.7 Å². The lowest BCUT2D eigenvalue weighted by Gasteiger charge is -2.18. The van der Waals surface area contributed by atoms with E-state index in [0.29, 0.717) is 6.04 Å². The predicted octanol–water partition coefficient (Wildman–Crippen LogP) is 4.60. The summed E-state index contributed by atoms with van der Waals surface area (Å²) in [5.41, 5.74) is 0.806. The quantitative estimate of drug-likeness (QED) is 0.827. The average molecular weight is 372 g/mol. The number of halogens is 3. The molecule has 1 saturated heterocycles. The van der Waals surface area contributed by atoms with Gasteiger partial charge in [0.2, 0.25) is 0 Å². The number of carbonyl (C=O) groups excluding carboxylic acids is 1. The fraction of sp³-hybridized carbons (Fsp3) is 0.316. The van der Waals surface area contributed by atoms with Crippen molar-refractivity contribution < 1.29 is 18.0 Å². The Balaban J connectivity index is 1.38. The number of benzene rings is 2. The Morgan fingerprint density at radius 2 is 1.78 bits per heavy atom. The summed E-state index contributed by atoms with van der Waals surface area (Å²) < 4.78 is 39.2. The molecular formula is C19H15F3N4O. The van der Waals surface area contributed by atoms with Crippen molar-refractivity contribution in [2.75, 3.05) is 5.32 Å². The Kier molecular flexibility index (Phi) is 3.28. The third kappa shape index (κ3) is 2.39. The van der Waals surface area contributed by atoms with Gasteiger partial charge in [-0.05, 0) is 42.2 Å². The Morgan fingerprint density at radius 1 is 1.07 bits per heavy atom. The lowest BCUT2D eigenvalue weighted by molar-refractivity contribution is -0.166. The first-order chi connectivity index (χ1) is 12.9. The van der Waals surface area contributed by atoms with Crippen LogP contribution in [0.1, 0.15) is 52.0 Å². The second-order valence-corrected chi connectivity index (χ2v) is 7.06. The molecule has 2 aromatic carbocycles. The van der Waals surface area contributed by atoms with E-state index in [0.717, 1.165) is 24.1 Å². The highest BCUT2D eigenvalue weighted by Gasteiger charge is 2.65. The van der Waals surface area contributed by atoms with Crippen molar-refractivity contribution in [2.45, 2.75) is 36.8 Å². The van der Waals surface area contributed by atoms with Gasteiger partial charge in [-0.3, -0.25) is 4.79 Å². The average Bonchev–Trinajstić information content (AvgIpc) is 3.23. The first kappa shape index (κ1) is 16.4. The molecule has 0 aromatic heterocycles. The van der Waals surface area contributed by atoms with E-state index in [2.05, 4.69) is 26.9 Å². The van der Waals surface area contributed by atoms with Crippen LogP contribution in [0, 0.1) is 0 Å². The van der Waals surface area contributed by atoms with E-state index in [1.54, 1.807) is 0 Å². The smallest absolute Gasteiger partial charge is 0.322 e. The molecule has 0 spiro atoms. The summed E-state index contributed by atoms with van der Waals surface area (Å²) in [6.45, 7) is 0. The number of nitrogens with zero attached hydrogens (tertiary/aromatic N) is 2. The Labute approximate surface area is 152 Å². The van der Waals surface area contributed by atoms with Gasteiger partial charge in [-0.1, -0.05) is 24.3 Å². The zero-order valence-corrected chi connectivity index (χ0v) is 14.0. The van der Waals surface area contributed by atoms with E-state index >= 15 is 0 Å². The number of nitrogens with one attached hydrogen (secondary N) is 2. The van der Waals surface area contributed by atoms with Crippen molar-refractivity contribution in [3.63, 3.8) is 0 Å². The van der Waals surface area contributed by atoms with Crippen LogP contribution in [-0.2, 0) is 5.66 Å². The normalized spacial score (nSPS) is 24.0. The Morgan fingerprint density at radius 3 is 2.44 bits per heavy atom. The number of anilines is 1. The minimum atomic E-state index is -4.58. The third-order valence-corrected chi connectivity index (χ3v) is 5.50. The highest BCUT2D eigenvalue weighted by molar-refractivity contribution is 6.04. The predicted molar refractivity (Wildman–Crippen MR) is 91.3 cm³/mol. The molecule has 5 rings (SSSR count). The van der Waals surface area contributed by atoms with E-state index in [1.165, 1.54) is 29.8 Å². The zero-order chi connectivity index (χ0) is 18.8. The van der Waals surface area contributed by atoms with Gasteiger partial charge in [-0.15, -0.1) is 10.2 Å². The second-order valence-electron chi connectivity index (χ2n) is 7.06. The van der Waals surface area contributed by atoms with E-state index in [4.69, 9.17) is 0 Å². The number of amides is 1. The molecule has 0 saturated carbocycles. The van der Waals surface area contributed by atoms with Crippen LogP contribution in [0.4, 0.5) is 18.9 Å². The van der Waals surface area contributed by atoms with Gasteiger partial charge < -0.3 is 10.6 Å². The van der Waals surface area contributed by atoms with Crippen LogP contribution in [0.25, 0.3) is 0 Å². The number of hydrogen-bond acceptors (Lipinski definition) is 4. The lowest BCUT2D eigenvalue weighted by atomic mass is 9.90. The van der Waals surface area contributed by atoms with Crippen LogP contribution in [0.5, 0.6) is 0 Å². The summed E-state index contributed by atoms with van der Waals surface area (Å²) in [5, 5.41) is 12.8. The summed E-state index contributed by atoms with van der Waals surface area (Å²) in [5.74, 6) is -0.358. The van der Waals surface area contributed by atoms with Crippen molar-refractivity contribution in [2.24, 2.45) is 10.2 Å². The van der Waals surface area contributed by atoms with E-state index < -0.39 is 11.8 Å². The molecular weight excluding hydrogens is 357 g/mol. The van der Waals surface area contributed by atoms with Gasteiger partial charge in [0, 0.05) is 28.9 Å². The van der Waals surface area contributed by atoms with Gasteiger partial charge in [0.15, 0.2) is 0 Å².